The SMILES string of the molecule is Cc1cc(S(=O)(=O)NCC(O)CC(C)C)ccc1N. The number of aliphatic hydroxyl groups is 1. The van der Waals surface area contributed by atoms with Gasteiger partial charge in [0.2, 0.25) is 10.0 Å². The van der Waals surface area contributed by atoms with E-state index in [2.05, 4.69) is 4.72 Å². The average Bonchev–Trinajstić information content (AvgIpc) is 2.29. The summed E-state index contributed by atoms with van der Waals surface area (Å²) in [5.74, 6) is 0.318. The molecule has 108 valence electrons. The number of aliphatic hydroxyl groups excluding tert-OH is 1. The molecular formula is C13H22N2O3S. The van der Waals surface area contributed by atoms with Crippen molar-refractivity contribution in [1.29, 1.82) is 0 Å². The number of sulfonamides is 1. The van der Waals surface area contributed by atoms with E-state index in [1.807, 2.05) is 13.8 Å². The number of benzene rings is 1. The molecule has 0 spiro atoms. The van der Waals surface area contributed by atoms with Crippen LogP contribution in [0.1, 0.15) is 25.8 Å². The molecule has 5 nitrogen and oxygen atoms in total. The largest absolute Gasteiger partial charge is 0.399 e. The third kappa shape index (κ3) is 4.81. The molecule has 19 heavy (non-hydrogen) atoms. The Morgan fingerprint density at radius 2 is 2.00 bits per heavy atom. The zero-order valence-corrected chi connectivity index (χ0v) is 12.4. The highest BCUT2D eigenvalue weighted by atomic mass is 32.2. The third-order valence-electron chi connectivity index (χ3n) is 2.80. The molecule has 0 saturated heterocycles. The van der Waals surface area contributed by atoms with Gasteiger partial charge in [-0.05, 0) is 43.0 Å². The van der Waals surface area contributed by atoms with Gasteiger partial charge in [0, 0.05) is 12.2 Å². The molecule has 4 N–H and O–H groups in total. The van der Waals surface area contributed by atoms with Gasteiger partial charge in [0.1, 0.15) is 0 Å². The molecule has 0 aromatic heterocycles. The van der Waals surface area contributed by atoms with Crippen LogP contribution in [0.15, 0.2) is 23.1 Å². The van der Waals surface area contributed by atoms with Gasteiger partial charge in [-0.2, -0.15) is 0 Å². The second-order valence-electron chi connectivity index (χ2n) is 5.15. The summed E-state index contributed by atoms with van der Waals surface area (Å²) >= 11 is 0. The maximum absolute atomic E-state index is 12.0. The Morgan fingerprint density at radius 1 is 1.37 bits per heavy atom. The zero-order valence-electron chi connectivity index (χ0n) is 11.6. The Bertz CT molecular complexity index is 527. The Labute approximate surface area is 114 Å². The Morgan fingerprint density at radius 3 is 2.53 bits per heavy atom. The van der Waals surface area contributed by atoms with Gasteiger partial charge in [0.15, 0.2) is 0 Å². The van der Waals surface area contributed by atoms with Gasteiger partial charge in [0.25, 0.3) is 0 Å². The van der Waals surface area contributed by atoms with Crippen molar-refractivity contribution < 1.29 is 13.5 Å². The quantitative estimate of drug-likeness (QED) is 0.686. The first-order valence-electron chi connectivity index (χ1n) is 6.26. The van der Waals surface area contributed by atoms with Crippen molar-refractivity contribution >= 4 is 15.7 Å². The molecule has 0 aliphatic carbocycles. The van der Waals surface area contributed by atoms with Crippen molar-refractivity contribution in [2.24, 2.45) is 5.92 Å². The van der Waals surface area contributed by atoms with Gasteiger partial charge in [-0.15, -0.1) is 0 Å². The first-order chi connectivity index (χ1) is 8.72. The lowest BCUT2D eigenvalue weighted by Gasteiger charge is -2.14. The third-order valence-corrected chi connectivity index (χ3v) is 4.23. The second kappa shape index (κ2) is 6.36. The van der Waals surface area contributed by atoms with Gasteiger partial charge < -0.3 is 10.8 Å². The van der Waals surface area contributed by atoms with Crippen LogP contribution in [-0.2, 0) is 10.0 Å². The number of nitrogen functional groups attached to an aromatic ring is 1. The van der Waals surface area contributed by atoms with E-state index < -0.39 is 16.1 Å². The fraction of sp³-hybridized carbons (Fsp3) is 0.538. The van der Waals surface area contributed by atoms with Gasteiger partial charge in [0.05, 0.1) is 11.0 Å². The van der Waals surface area contributed by atoms with Gasteiger partial charge in [-0.3, -0.25) is 0 Å². The van der Waals surface area contributed by atoms with Crippen LogP contribution in [0, 0.1) is 12.8 Å². The molecule has 1 atom stereocenters. The number of anilines is 1. The number of nitrogens with two attached hydrogens (primary N) is 1. The summed E-state index contributed by atoms with van der Waals surface area (Å²) in [5, 5.41) is 9.68. The zero-order chi connectivity index (χ0) is 14.6. The number of aryl methyl sites for hydroxylation is 1. The molecule has 1 rings (SSSR count). The predicted octanol–water partition coefficient (Wildman–Crippen LogP) is 1.26. The van der Waals surface area contributed by atoms with Crippen LogP contribution < -0.4 is 10.5 Å². The molecule has 0 aliphatic rings. The minimum atomic E-state index is -3.60. The summed E-state index contributed by atoms with van der Waals surface area (Å²) < 4.78 is 26.5. The number of rotatable bonds is 6. The van der Waals surface area contributed by atoms with Crippen molar-refractivity contribution in [2.75, 3.05) is 12.3 Å². The van der Waals surface area contributed by atoms with Crippen LogP contribution in [0.4, 0.5) is 5.69 Å². The van der Waals surface area contributed by atoms with E-state index in [1.165, 1.54) is 12.1 Å². The van der Waals surface area contributed by atoms with Gasteiger partial charge in [-0.25, -0.2) is 13.1 Å². The highest BCUT2D eigenvalue weighted by Gasteiger charge is 2.17. The molecule has 1 unspecified atom stereocenters. The minimum absolute atomic E-state index is 0.0178. The van der Waals surface area contributed by atoms with Crippen molar-refractivity contribution in [1.82, 2.24) is 4.72 Å². The van der Waals surface area contributed by atoms with E-state index in [0.717, 1.165) is 0 Å². The van der Waals surface area contributed by atoms with Crippen molar-refractivity contribution in [2.45, 2.75) is 38.2 Å². The minimum Gasteiger partial charge on any atom is -0.399 e. The molecule has 0 amide bonds. The lowest BCUT2D eigenvalue weighted by Crippen LogP contribution is -2.32. The van der Waals surface area contributed by atoms with E-state index in [4.69, 9.17) is 5.73 Å². The molecule has 0 heterocycles. The Kier molecular flexibility index (Phi) is 5.34. The van der Waals surface area contributed by atoms with Crippen LogP contribution in [-0.4, -0.2) is 26.2 Å². The van der Waals surface area contributed by atoms with E-state index in [-0.39, 0.29) is 11.4 Å². The standard InChI is InChI=1S/C13H22N2O3S/c1-9(2)6-11(16)8-15-19(17,18)12-4-5-13(14)10(3)7-12/h4-5,7,9,11,15-16H,6,8,14H2,1-3H3. The molecule has 1 aromatic carbocycles. The molecule has 0 aliphatic heterocycles. The van der Waals surface area contributed by atoms with Crippen LogP contribution in [0.3, 0.4) is 0 Å². The van der Waals surface area contributed by atoms with E-state index in [1.54, 1.807) is 13.0 Å². The average molecular weight is 286 g/mol. The molecular weight excluding hydrogens is 264 g/mol. The molecule has 0 radical (unpaired) electrons. The lowest BCUT2D eigenvalue weighted by atomic mass is 10.1. The van der Waals surface area contributed by atoms with Gasteiger partial charge >= 0.3 is 0 Å². The van der Waals surface area contributed by atoms with Crippen LogP contribution in [0.25, 0.3) is 0 Å². The number of hydrogen-bond donors (Lipinski definition) is 3. The lowest BCUT2D eigenvalue weighted by molar-refractivity contribution is 0.152. The van der Waals surface area contributed by atoms with Crippen LogP contribution in [0.2, 0.25) is 0 Å². The van der Waals surface area contributed by atoms with E-state index in [9.17, 15) is 13.5 Å². The fourth-order valence-corrected chi connectivity index (χ4v) is 2.89. The smallest absolute Gasteiger partial charge is 0.240 e. The Balaban J connectivity index is 2.73. The maximum Gasteiger partial charge on any atom is 0.240 e. The van der Waals surface area contributed by atoms with Crippen LogP contribution >= 0.6 is 0 Å². The molecule has 6 heteroatoms. The highest BCUT2D eigenvalue weighted by Crippen LogP contribution is 2.16. The van der Waals surface area contributed by atoms with Crippen LogP contribution in [0.5, 0.6) is 0 Å². The number of hydrogen-bond acceptors (Lipinski definition) is 4. The predicted molar refractivity (Wildman–Crippen MR) is 76.2 cm³/mol. The topological polar surface area (TPSA) is 92.4 Å². The monoisotopic (exact) mass is 286 g/mol. The molecule has 1 aromatic rings. The van der Waals surface area contributed by atoms with Gasteiger partial charge in [-0.1, -0.05) is 13.8 Å². The number of nitrogens with one attached hydrogen (secondary N) is 1. The first-order valence-corrected chi connectivity index (χ1v) is 7.74. The summed E-state index contributed by atoms with van der Waals surface area (Å²) in [6, 6.07) is 4.54. The fourth-order valence-electron chi connectivity index (χ4n) is 1.73. The normalized spacial score (nSPS) is 13.7. The summed E-state index contributed by atoms with van der Waals surface area (Å²) in [6.45, 7) is 5.72. The molecule has 0 saturated carbocycles. The summed E-state index contributed by atoms with van der Waals surface area (Å²) in [7, 11) is -3.60. The molecule has 0 bridgehead atoms. The van der Waals surface area contributed by atoms with E-state index >= 15 is 0 Å². The molecule has 0 fully saturated rings. The summed E-state index contributed by atoms with van der Waals surface area (Å²) in [6.07, 6.45) is -0.117. The summed E-state index contributed by atoms with van der Waals surface area (Å²) in [4.78, 5) is 0.163. The van der Waals surface area contributed by atoms with Crippen molar-refractivity contribution in [3.8, 4) is 0 Å². The Hall–Kier alpha value is -1.11. The highest BCUT2D eigenvalue weighted by molar-refractivity contribution is 7.89. The van der Waals surface area contributed by atoms with E-state index in [0.29, 0.717) is 23.6 Å². The summed E-state index contributed by atoms with van der Waals surface area (Å²) in [5.41, 5.74) is 6.92. The van der Waals surface area contributed by atoms with Crippen molar-refractivity contribution in [3.05, 3.63) is 23.8 Å². The first kappa shape index (κ1) is 15.9. The van der Waals surface area contributed by atoms with Crippen molar-refractivity contribution in [3.63, 3.8) is 0 Å². The maximum atomic E-state index is 12.0. The second-order valence-corrected chi connectivity index (χ2v) is 6.92.